The van der Waals surface area contributed by atoms with Crippen LogP contribution in [0.5, 0.6) is 5.75 Å². The van der Waals surface area contributed by atoms with E-state index in [-0.39, 0.29) is 17.9 Å². The predicted molar refractivity (Wildman–Crippen MR) is 86.4 cm³/mol. The second-order valence-corrected chi connectivity index (χ2v) is 5.62. The molecule has 1 aliphatic rings. The normalized spacial score (nSPS) is 15.1. The number of rotatable bonds is 5. The number of amides is 2. The Morgan fingerprint density at radius 1 is 1.26 bits per heavy atom. The number of carbonyl (C=O) groups excluding carboxylic acids is 2. The number of hydrogen-bond acceptors (Lipinski definition) is 4. The molecule has 2 rings (SSSR count). The lowest BCUT2D eigenvalue weighted by atomic mass is 9.96. The topological polar surface area (TPSA) is 67.9 Å². The lowest BCUT2D eigenvalue weighted by Crippen LogP contribution is -2.43. The third kappa shape index (κ3) is 4.87. The van der Waals surface area contributed by atoms with Crippen LogP contribution in [-0.4, -0.2) is 50.8 Å². The molecule has 0 atom stereocenters. The summed E-state index contributed by atoms with van der Waals surface area (Å²) in [6.45, 7) is 1.74. The summed E-state index contributed by atoms with van der Waals surface area (Å²) in [4.78, 5) is 25.2. The molecule has 0 aliphatic carbocycles. The van der Waals surface area contributed by atoms with E-state index >= 15 is 0 Å². The molecule has 1 aliphatic heterocycles. The summed E-state index contributed by atoms with van der Waals surface area (Å²) < 4.78 is 9.88. The van der Waals surface area contributed by atoms with Crippen molar-refractivity contribution in [2.45, 2.75) is 19.3 Å². The Balaban J connectivity index is 1.72. The molecule has 0 spiro atoms. The zero-order valence-corrected chi connectivity index (χ0v) is 13.7. The summed E-state index contributed by atoms with van der Waals surface area (Å²) in [6.07, 6.45) is 1.81. The first kappa shape index (κ1) is 17.1. The number of piperidine rings is 1. The molecule has 6 heteroatoms. The van der Waals surface area contributed by atoms with E-state index in [0.717, 1.165) is 17.7 Å². The van der Waals surface area contributed by atoms with Crippen LogP contribution in [-0.2, 0) is 16.0 Å². The summed E-state index contributed by atoms with van der Waals surface area (Å²) in [6, 6.07) is 7.83. The van der Waals surface area contributed by atoms with E-state index in [1.165, 1.54) is 7.11 Å². The van der Waals surface area contributed by atoms with Crippen LogP contribution in [0.1, 0.15) is 18.4 Å². The molecule has 126 valence electrons. The Labute approximate surface area is 136 Å². The molecule has 1 aromatic rings. The highest BCUT2D eigenvalue weighted by atomic mass is 16.5. The molecule has 0 radical (unpaired) electrons. The molecular weight excluding hydrogens is 296 g/mol. The molecule has 6 nitrogen and oxygen atoms in total. The van der Waals surface area contributed by atoms with E-state index in [9.17, 15) is 9.59 Å². The van der Waals surface area contributed by atoms with Gasteiger partial charge in [0.05, 0.1) is 14.2 Å². The molecule has 23 heavy (non-hydrogen) atoms. The molecule has 0 unspecified atom stereocenters. The first-order valence-corrected chi connectivity index (χ1v) is 7.87. The summed E-state index contributed by atoms with van der Waals surface area (Å²) in [5.74, 6) is 0.864. The van der Waals surface area contributed by atoms with Crippen molar-refractivity contribution in [3.8, 4) is 5.75 Å². The minimum atomic E-state index is -0.318. The summed E-state index contributed by atoms with van der Waals surface area (Å²) >= 11 is 0. The molecule has 1 N–H and O–H groups in total. The van der Waals surface area contributed by atoms with E-state index in [2.05, 4.69) is 5.32 Å². The maximum Gasteiger partial charge on any atom is 0.409 e. The van der Waals surface area contributed by atoms with Gasteiger partial charge in [-0.05, 0) is 37.0 Å². The van der Waals surface area contributed by atoms with Gasteiger partial charge in [-0.1, -0.05) is 12.1 Å². The Kier molecular flexibility index (Phi) is 6.26. The molecular formula is C17H24N2O4. The van der Waals surface area contributed by atoms with Gasteiger partial charge < -0.3 is 19.7 Å². The van der Waals surface area contributed by atoms with Crippen LogP contribution in [0, 0.1) is 5.92 Å². The number of methoxy groups -OCH3 is 2. The molecule has 1 fully saturated rings. The highest BCUT2D eigenvalue weighted by Crippen LogP contribution is 2.18. The standard InChI is InChI=1S/C17H24N2O4/c1-22-15-5-3-4-13(12-15)6-9-18-16(20)14-7-10-19(11-8-14)17(21)23-2/h3-5,12,14H,6-11H2,1-2H3,(H,18,20). The van der Waals surface area contributed by atoms with Gasteiger partial charge in [0.15, 0.2) is 0 Å². The van der Waals surface area contributed by atoms with Crippen molar-refractivity contribution in [2.24, 2.45) is 5.92 Å². The molecule has 1 saturated heterocycles. The van der Waals surface area contributed by atoms with Crippen molar-refractivity contribution in [3.05, 3.63) is 29.8 Å². The van der Waals surface area contributed by atoms with Gasteiger partial charge in [-0.3, -0.25) is 4.79 Å². The van der Waals surface area contributed by atoms with Crippen LogP contribution >= 0.6 is 0 Å². The van der Waals surface area contributed by atoms with Gasteiger partial charge in [0.2, 0.25) is 5.91 Å². The molecule has 0 saturated carbocycles. The van der Waals surface area contributed by atoms with Crippen LogP contribution < -0.4 is 10.1 Å². The summed E-state index contributed by atoms with van der Waals surface area (Å²) in [5, 5.41) is 2.98. The fraction of sp³-hybridized carbons (Fsp3) is 0.529. The number of likely N-dealkylation sites (tertiary alicyclic amines) is 1. The van der Waals surface area contributed by atoms with Crippen LogP contribution in [0.15, 0.2) is 24.3 Å². The fourth-order valence-electron chi connectivity index (χ4n) is 2.76. The van der Waals surface area contributed by atoms with E-state index in [0.29, 0.717) is 32.5 Å². The average Bonchev–Trinajstić information content (AvgIpc) is 2.61. The van der Waals surface area contributed by atoms with Gasteiger partial charge >= 0.3 is 6.09 Å². The molecule has 0 aromatic heterocycles. The number of carbonyl (C=O) groups is 2. The van der Waals surface area contributed by atoms with Gasteiger partial charge in [-0.2, -0.15) is 0 Å². The second kappa shape index (κ2) is 8.41. The van der Waals surface area contributed by atoms with Crippen molar-refractivity contribution in [1.82, 2.24) is 10.2 Å². The van der Waals surface area contributed by atoms with Gasteiger partial charge in [-0.15, -0.1) is 0 Å². The van der Waals surface area contributed by atoms with Crippen molar-refractivity contribution in [3.63, 3.8) is 0 Å². The quantitative estimate of drug-likeness (QED) is 0.899. The minimum Gasteiger partial charge on any atom is -0.497 e. The Morgan fingerprint density at radius 3 is 2.65 bits per heavy atom. The third-order valence-electron chi connectivity index (χ3n) is 4.15. The Bertz CT molecular complexity index is 539. The van der Waals surface area contributed by atoms with Gasteiger partial charge in [-0.25, -0.2) is 4.79 Å². The minimum absolute atomic E-state index is 0.0267. The van der Waals surface area contributed by atoms with Crippen molar-refractivity contribution < 1.29 is 19.1 Å². The largest absolute Gasteiger partial charge is 0.497 e. The highest BCUT2D eigenvalue weighted by molar-refractivity contribution is 5.79. The van der Waals surface area contributed by atoms with Crippen molar-refractivity contribution in [1.29, 1.82) is 0 Å². The maximum absolute atomic E-state index is 12.2. The number of nitrogens with one attached hydrogen (secondary N) is 1. The molecule has 1 heterocycles. The van der Waals surface area contributed by atoms with E-state index in [1.54, 1.807) is 12.0 Å². The number of benzene rings is 1. The van der Waals surface area contributed by atoms with Gasteiger partial charge in [0, 0.05) is 25.6 Å². The summed E-state index contributed by atoms with van der Waals surface area (Å²) in [7, 11) is 3.02. The number of ether oxygens (including phenoxy) is 2. The smallest absolute Gasteiger partial charge is 0.409 e. The second-order valence-electron chi connectivity index (χ2n) is 5.62. The van der Waals surface area contributed by atoms with Crippen molar-refractivity contribution in [2.75, 3.05) is 33.9 Å². The predicted octanol–water partition coefficient (Wildman–Crippen LogP) is 1.83. The van der Waals surface area contributed by atoms with Crippen LogP contribution in [0.25, 0.3) is 0 Å². The summed E-state index contributed by atoms with van der Waals surface area (Å²) in [5.41, 5.74) is 1.13. The van der Waals surface area contributed by atoms with Gasteiger partial charge in [0.25, 0.3) is 0 Å². The van der Waals surface area contributed by atoms with Crippen molar-refractivity contribution >= 4 is 12.0 Å². The van der Waals surface area contributed by atoms with E-state index < -0.39 is 0 Å². The fourth-order valence-corrected chi connectivity index (χ4v) is 2.76. The third-order valence-corrected chi connectivity index (χ3v) is 4.15. The monoisotopic (exact) mass is 320 g/mol. The van der Waals surface area contributed by atoms with E-state index in [4.69, 9.17) is 9.47 Å². The van der Waals surface area contributed by atoms with Crippen LogP contribution in [0.2, 0.25) is 0 Å². The molecule has 2 amide bonds. The lowest BCUT2D eigenvalue weighted by Gasteiger charge is -2.30. The zero-order valence-electron chi connectivity index (χ0n) is 13.7. The zero-order chi connectivity index (χ0) is 16.7. The Morgan fingerprint density at radius 2 is 2.00 bits per heavy atom. The average molecular weight is 320 g/mol. The van der Waals surface area contributed by atoms with Crippen LogP contribution in [0.4, 0.5) is 4.79 Å². The van der Waals surface area contributed by atoms with E-state index in [1.807, 2.05) is 24.3 Å². The first-order valence-electron chi connectivity index (χ1n) is 7.87. The Hall–Kier alpha value is -2.24. The molecule has 0 bridgehead atoms. The van der Waals surface area contributed by atoms with Crippen LogP contribution in [0.3, 0.4) is 0 Å². The first-order chi connectivity index (χ1) is 11.1. The van der Waals surface area contributed by atoms with Gasteiger partial charge in [0.1, 0.15) is 5.75 Å². The molecule has 1 aromatic carbocycles. The SMILES string of the molecule is COC(=O)N1CCC(C(=O)NCCc2cccc(OC)c2)CC1. The highest BCUT2D eigenvalue weighted by Gasteiger charge is 2.27. The lowest BCUT2D eigenvalue weighted by molar-refractivity contribution is -0.126. The number of nitrogens with zero attached hydrogens (tertiary/aromatic N) is 1. The maximum atomic E-state index is 12.2. The number of hydrogen-bond donors (Lipinski definition) is 1.